The zero-order valence-corrected chi connectivity index (χ0v) is 12.4. The summed E-state index contributed by atoms with van der Waals surface area (Å²) in [6.45, 7) is 1.21. The van der Waals surface area contributed by atoms with Crippen LogP contribution in [0.2, 0.25) is 0 Å². The van der Waals surface area contributed by atoms with Gasteiger partial charge in [-0.25, -0.2) is 8.78 Å². The maximum absolute atomic E-state index is 13.9. The summed E-state index contributed by atoms with van der Waals surface area (Å²) in [5, 5.41) is 0. The lowest BCUT2D eigenvalue weighted by Gasteiger charge is -2.27. The number of nitrogens with zero attached hydrogens (tertiary/aromatic N) is 1. The van der Waals surface area contributed by atoms with Crippen LogP contribution >= 0.6 is 0 Å². The van der Waals surface area contributed by atoms with Crippen LogP contribution in [0, 0.1) is 11.6 Å². The molecule has 5 heteroatoms. The Morgan fingerprint density at radius 1 is 1.23 bits per heavy atom. The number of fused-ring (bicyclic) bond motifs is 1. The van der Waals surface area contributed by atoms with E-state index in [1.54, 1.807) is 11.9 Å². The fourth-order valence-corrected chi connectivity index (χ4v) is 2.80. The van der Waals surface area contributed by atoms with Crippen LogP contribution in [0.25, 0.3) is 0 Å². The van der Waals surface area contributed by atoms with Gasteiger partial charge in [0.15, 0.2) is 0 Å². The molecular formula is C17H18F2N2O. The molecule has 1 atom stereocenters. The number of ether oxygens (including phenoxy) is 1. The van der Waals surface area contributed by atoms with Crippen LogP contribution in [-0.2, 0) is 0 Å². The van der Waals surface area contributed by atoms with E-state index >= 15 is 0 Å². The SMILES string of the molecule is CN(c1ccc2c(c1)OCC[C@H]2CN)c1ccc(F)cc1F. The van der Waals surface area contributed by atoms with E-state index < -0.39 is 11.6 Å². The van der Waals surface area contributed by atoms with Gasteiger partial charge in [0.1, 0.15) is 17.4 Å². The Bertz CT molecular complexity index is 690. The van der Waals surface area contributed by atoms with Gasteiger partial charge < -0.3 is 15.4 Å². The molecule has 0 amide bonds. The van der Waals surface area contributed by atoms with Crippen LogP contribution in [-0.4, -0.2) is 20.2 Å². The molecule has 1 heterocycles. The Morgan fingerprint density at radius 2 is 2.05 bits per heavy atom. The van der Waals surface area contributed by atoms with Crippen LogP contribution in [0.3, 0.4) is 0 Å². The molecule has 22 heavy (non-hydrogen) atoms. The third-order valence-electron chi connectivity index (χ3n) is 4.10. The lowest BCUT2D eigenvalue weighted by molar-refractivity contribution is 0.269. The summed E-state index contributed by atoms with van der Waals surface area (Å²) in [5.41, 5.74) is 7.97. The third kappa shape index (κ3) is 2.64. The molecule has 0 aromatic heterocycles. The van der Waals surface area contributed by atoms with E-state index in [1.807, 2.05) is 18.2 Å². The standard InChI is InChI=1S/C17H18F2N2O/c1-21(16-5-2-12(18)8-15(16)19)13-3-4-14-11(10-20)6-7-22-17(14)9-13/h2-5,8-9,11H,6-7,10,20H2,1H3/t11-/m0/s1. The van der Waals surface area contributed by atoms with Gasteiger partial charge in [-0.05, 0) is 36.7 Å². The van der Waals surface area contributed by atoms with Gasteiger partial charge in [-0.2, -0.15) is 0 Å². The van der Waals surface area contributed by atoms with E-state index in [4.69, 9.17) is 10.5 Å². The molecule has 2 aromatic rings. The molecule has 3 nitrogen and oxygen atoms in total. The first-order valence-electron chi connectivity index (χ1n) is 7.25. The normalized spacial score (nSPS) is 16.8. The van der Waals surface area contributed by atoms with Crippen molar-refractivity contribution in [2.24, 2.45) is 5.73 Å². The lowest BCUT2D eigenvalue weighted by Crippen LogP contribution is -2.21. The van der Waals surface area contributed by atoms with E-state index in [9.17, 15) is 8.78 Å². The summed E-state index contributed by atoms with van der Waals surface area (Å²) in [6, 6.07) is 9.30. The van der Waals surface area contributed by atoms with Crippen LogP contribution in [0.4, 0.5) is 20.2 Å². The monoisotopic (exact) mass is 304 g/mol. The fraction of sp³-hybridized carbons (Fsp3) is 0.294. The number of halogens is 2. The van der Waals surface area contributed by atoms with Crippen LogP contribution < -0.4 is 15.4 Å². The highest BCUT2D eigenvalue weighted by molar-refractivity contribution is 5.65. The maximum atomic E-state index is 13.9. The minimum absolute atomic E-state index is 0.297. The van der Waals surface area contributed by atoms with Crippen LogP contribution in [0.15, 0.2) is 36.4 Å². The van der Waals surface area contributed by atoms with Crippen molar-refractivity contribution in [3.8, 4) is 5.75 Å². The van der Waals surface area contributed by atoms with Crippen molar-refractivity contribution in [2.75, 3.05) is 25.1 Å². The Hall–Kier alpha value is -2.14. The highest BCUT2D eigenvalue weighted by Gasteiger charge is 2.21. The average Bonchev–Trinajstić information content (AvgIpc) is 2.53. The molecule has 1 aliphatic heterocycles. The molecule has 3 rings (SSSR count). The second-order valence-electron chi connectivity index (χ2n) is 5.45. The van der Waals surface area contributed by atoms with Gasteiger partial charge in [-0.1, -0.05) is 6.07 Å². The summed E-state index contributed by atoms with van der Waals surface area (Å²) < 4.78 is 32.6. The molecule has 2 N–H and O–H groups in total. The molecule has 116 valence electrons. The molecule has 0 fully saturated rings. The zero-order valence-electron chi connectivity index (χ0n) is 12.4. The van der Waals surface area contributed by atoms with Gasteiger partial charge in [0.25, 0.3) is 0 Å². The Kier molecular flexibility index (Phi) is 3.98. The van der Waals surface area contributed by atoms with Crippen molar-refractivity contribution >= 4 is 11.4 Å². The van der Waals surface area contributed by atoms with Crippen molar-refractivity contribution in [1.82, 2.24) is 0 Å². The lowest BCUT2D eigenvalue weighted by atomic mass is 9.93. The van der Waals surface area contributed by atoms with E-state index in [1.165, 1.54) is 12.1 Å². The number of hydrogen-bond acceptors (Lipinski definition) is 3. The van der Waals surface area contributed by atoms with Gasteiger partial charge in [-0.3, -0.25) is 0 Å². The van der Waals surface area contributed by atoms with Crippen molar-refractivity contribution in [3.63, 3.8) is 0 Å². The Labute approximate surface area is 128 Å². The van der Waals surface area contributed by atoms with E-state index in [-0.39, 0.29) is 0 Å². The topological polar surface area (TPSA) is 38.5 Å². The molecule has 0 aliphatic carbocycles. The molecule has 0 spiro atoms. The first-order chi connectivity index (χ1) is 10.6. The Morgan fingerprint density at radius 3 is 2.77 bits per heavy atom. The first-order valence-corrected chi connectivity index (χ1v) is 7.25. The predicted octanol–water partition coefficient (Wildman–Crippen LogP) is 3.56. The van der Waals surface area contributed by atoms with Crippen LogP contribution in [0.1, 0.15) is 17.9 Å². The van der Waals surface area contributed by atoms with Gasteiger partial charge in [0.05, 0.1) is 12.3 Å². The van der Waals surface area contributed by atoms with Gasteiger partial charge in [-0.15, -0.1) is 0 Å². The van der Waals surface area contributed by atoms with E-state index in [2.05, 4.69) is 0 Å². The summed E-state index contributed by atoms with van der Waals surface area (Å²) in [7, 11) is 1.74. The van der Waals surface area contributed by atoms with E-state index in [0.717, 1.165) is 29.5 Å². The molecule has 2 aromatic carbocycles. The molecule has 0 unspecified atom stereocenters. The number of hydrogen-bond donors (Lipinski definition) is 1. The van der Waals surface area contributed by atoms with Crippen molar-refractivity contribution < 1.29 is 13.5 Å². The fourth-order valence-electron chi connectivity index (χ4n) is 2.80. The van der Waals surface area contributed by atoms with Crippen molar-refractivity contribution in [1.29, 1.82) is 0 Å². The number of anilines is 2. The highest BCUT2D eigenvalue weighted by Crippen LogP contribution is 2.37. The van der Waals surface area contributed by atoms with Crippen molar-refractivity contribution in [3.05, 3.63) is 53.6 Å². The smallest absolute Gasteiger partial charge is 0.149 e. The molecule has 0 radical (unpaired) electrons. The first kappa shape index (κ1) is 14.8. The van der Waals surface area contributed by atoms with Crippen LogP contribution in [0.5, 0.6) is 5.75 Å². The summed E-state index contributed by atoms with van der Waals surface area (Å²) in [5.74, 6) is -0.102. The number of nitrogens with two attached hydrogens (primary N) is 1. The van der Waals surface area contributed by atoms with Gasteiger partial charge >= 0.3 is 0 Å². The number of rotatable bonds is 3. The second kappa shape index (κ2) is 5.93. The second-order valence-corrected chi connectivity index (χ2v) is 5.45. The third-order valence-corrected chi connectivity index (χ3v) is 4.10. The van der Waals surface area contributed by atoms with Gasteiger partial charge in [0, 0.05) is 30.8 Å². The number of benzene rings is 2. The summed E-state index contributed by atoms with van der Waals surface area (Å²) in [6.07, 6.45) is 0.908. The van der Waals surface area contributed by atoms with Crippen molar-refractivity contribution in [2.45, 2.75) is 12.3 Å². The summed E-state index contributed by atoms with van der Waals surface area (Å²) >= 11 is 0. The minimum atomic E-state index is -0.596. The predicted molar refractivity (Wildman–Crippen MR) is 82.8 cm³/mol. The Balaban J connectivity index is 1.95. The molecule has 0 saturated heterocycles. The average molecular weight is 304 g/mol. The largest absolute Gasteiger partial charge is 0.493 e. The molecule has 0 bridgehead atoms. The maximum Gasteiger partial charge on any atom is 0.149 e. The zero-order chi connectivity index (χ0) is 15.7. The highest BCUT2D eigenvalue weighted by atomic mass is 19.1. The quantitative estimate of drug-likeness (QED) is 0.942. The molecule has 1 aliphatic rings. The molecular weight excluding hydrogens is 286 g/mol. The minimum Gasteiger partial charge on any atom is -0.493 e. The molecule has 0 saturated carbocycles. The van der Waals surface area contributed by atoms with Gasteiger partial charge in [0.2, 0.25) is 0 Å². The van der Waals surface area contributed by atoms with E-state index in [0.29, 0.717) is 24.8 Å². The summed E-state index contributed by atoms with van der Waals surface area (Å²) in [4.78, 5) is 1.67.